The third-order valence-electron chi connectivity index (χ3n) is 9.10. The van der Waals surface area contributed by atoms with Gasteiger partial charge in [0.25, 0.3) is 11.8 Å². The molecule has 1 aromatic heterocycles. The van der Waals surface area contributed by atoms with Crippen molar-refractivity contribution in [3.05, 3.63) is 41.8 Å². The number of nitrogens with one attached hydrogen (secondary N) is 2. The van der Waals surface area contributed by atoms with Crippen molar-refractivity contribution < 1.29 is 47.7 Å². The quantitative estimate of drug-likeness (QED) is 0.258. The fraction of sp³-hybridized carbons (Fsp3) is 0.559. The van der Waals surface area contributed by atoms with E-state index in [2.05, 4.69) is 15.7 Å². The number of hydrogen-bond acceptors (Lipinski definition) is 9. The highest BCUT2D eigenvalue weighted by atomic mass is 19.1. The van der Waals surface area contributed by atoms with Gasteiger partial charge in [-0.15, -0.1) is 0 Å². The summed E-state index contributed by atoms with van der Waals surface area (Å²) in [6.07, 6.45) is 2.29. The van der Waals surface area contributed by atoms with Crippen molar-refractivity contribution in [2.75, 3.05) is 39.3 Å². The minimum absolute atomic E-state index is 0.0676. The molecule has 0 bridgehead atoms. The van der Waals surface area contributed by atoms with Gasteiger partial charge in [0, 0.05) is 51.3 Å². The topological polar surface area (TPSA) is 193 Å². The monoisotopic (exact) mass is 713 g/mol. The Labute approximate surface area is 294 Å². The van der Waals surface area contributed by atoms with E-state index in [4.69, 9.17) is 9.47 Å². The molecule has 0 spiro atoms. The first-order valence-electron chi connectivity index (χ1n) is 17.2. The fourth-order valence-electron chi connectivity index (χ4n) is 6.19. The van der Waals surface area contributed by atoms with Gasteiger partial charge in [0.15, 0.2) is 12.3 Å². The van der Waals surface area contributed by atoms with E-state index in [1.54, 1.807) is 13.8 Å². The number of piperazine rings is 1. The van der Waals surface area contributed by atoms with Crippen molar-refractivity contribution in [2.45, 2.75) is 83.0 Å². The van der Waals surface area contributed by atoms with E-state index in [-0.39, 0.29) is 74.3 Å². The molecule has 0 radical (unpaired) electrons. The van der Waals surface area contributed by atoms with Crippen molar-refractivity contribution in [1.29, 1.82) is 0 Å². The first-order valence-corrected chi connectivity index (χ1v) is 17.2. The Morgan fingerprint density at radius 1 is 0.980 bits per heavy atom. The number of benzene rings is 1. The number of hydrogen-bond donors (Lipinski definition) is 3. The minimum Gasteiger partial charge on any atom is -0.467 e. The summed E-state index contributed by atoms with van der Waals surface area (Å²) in [5.74, 6) is -3.19. The van der Waals surface area contributed by atoms with Gasteiger partial charge in [-0.1, -0.05) is 6.07 Å². The van der Waals surface area contributed by atoms with Gasteiger partial charge in [-0.05, 0) is 70.6 Å². The predicted octanol–water partition coefficient (Wildman–Crippen LogP) is 1.70. The van der Waals surface area contributed by atoms with Crippen LogP contribution in [-0.2, 0) is 23.9 Å². The lowest BCUT2D eigenvalue weighted by Gasteiger charge is -2.35. The Morgan fingerprint density at radius 3 is 2.35 bits per heavy atom. The van der Waals surface area contributed by atoms with Gasteiger partial charge >= 0.3 is 12.1 Å². The van der Waals surface area contributed by atoms with Crippen LogP contribution in [0.5, 0.6) is 5.88 Å². The summed E-state index contributed by atoms with van der Waals surface area (Å²) in [4.78, 5) is 81.2. The summed E-state index contributed by atoms with van der Waals surface area (Å²) in [6, 6.07) is 4.91. The Morgan fingerprint density at radius 2 is 1.71 bits per heavy atom. The number of esters is 1. The Hall–Kier alpha value is -5.22. The Balaban J connectivity index is 1.32. The lowest BCUT2D eigenvalue weighted by molar-refractivity contribution is -0.147. The van der Waals surface area contributed by atoms with Gasteiger partial charge < -0.3 is 39.9 Å². The molecule has 5 rings (SSSR count). The summed E-state index contributed by atoms with van der Waals surface area (Å²) in [5.41, 5.74) is -0.0327. The second kappa shape index (κ2) is 16.7. The SMILES string of the molecule is CC(C)OC(=O)CCC(NC(=O)c1cc(OCC(=O)N2CCCC2C(=O)NC2CCC2)n(-c2cccc(F)c2)n1)C(=O)N1CCN(C(=O)O)CC1. The molecule has 3 heterocycles. The highest BCUT2D eigenvalue weighted by Gasteiger charge is 2.36. The number of halogens is 1. The van der Waals surface area contributed by atoms with E-state index in [1.165, 1.54) is 39.0 Å². The molecule has 2 atom stereocenters. The first-order chi connectivity index (χ1) is 24.4. The second-order valence-electron chi connectivity index (χ2n) is 13.1. The van der Waals surface area contributed by atoms with Crippen LogP contribution in [0.1, 0.15) is 69.3 Å². The molecule has 1 aliphatic carbocycles. The Kier molecular flexibility index (Phi) is 12.1. The number of rotatable bonds is 13. The highest BCUT2D eigenvalue weighted by Crippen LogP contribution is 2.24. The molecule has 2 unspecified atom stereocenters. The summed E-state index contributed by atoms with van der Waals surface area (Å²) in [6.45, 7) is 3.61. The smallest absolute Gasteiger partial charge is 0.407 e. The molecular weight excluding hydrogens is 669 g/mol. The van der Waals surface area contributed by atoms with Crippen molar-refractivity contribution >= 4 is 35.7 Å². The Bertz CT molecular complexity index is 1620. The normalized spacial score (nSPS) is 18.2. The number of likely N-dealkylation sites (tertiary alicyclic amines) is 1. The van der Waals surface area contributed by atoms with Gasteiger partial charge in [-0.25, -0.2) is 13.9 Å². The predicted molar refractivity (Wildman–Crippen MR) is 177 cm³/mol. The number of amides is 5. The van der Waals surface area contributed by atoms with Crippen molar-refractivity contribution in [3.63, 3.8) is 0 Å². The minimum atomic E-state index is -1.20. The lowest BCUT2D eigenvalue weighted by Crippen LogP contribution is -2.55. The van der Waals surface area contributed by atoms with Crippen molar-refractivity contribution in [2.24, 2.45) is 0 Å². The van der Waals surface area contributed by atoms with Gasteiger partial charge in [-0.3, -0.25) is 24.0 Å². The van der Waals surface area contributed by atoms with Crippen LogP contribution < -0.4 is 15.4 Å². The molecule has 16 nitrogen and oxygen atoms in total. The largest absolute Gasteiger partial charge is 0.467 e. The number of carbonyl (C=O) groups excluding carboxylic acids is 5. The zero-order valence-electron chi connectivity index (χ0n) is 28.7. The standard InChI is InChI=1S/C34H44FN7O9/c1-21(2)51-30(44)12-11-25(33(47)39-14-16-40(17-15-39)34(48)49)37-31(45)26-19-29(42(38-26)24-9-3-6-22(35)18-24)50-20-28(43)41-13-5-10-27(41)32(46)36-23-7-4-8-23/h3,6,9,18-19,21,23,25,27H,4-5,7-8,10-17,20H2,1-2H3,(H,36,46)(H,37,45)(H,48,49). The maximum Gasteiger partial charge on any atom is 0.407 e. The molecular formula is C34H44FN7O9. The third kappa shape index (κ3) is 9.52. The fourth-order valence-corrected chi connectivity index (χ4v) is 6.19. The van der Waals surface area contributed by atoms with E-state index in [1.807, 2.05) is 0 Å². The summed E-state index contributed by atoms with van der Waals surface area (Å²) in [7, 11) is 0. The molecule has 276 valence electrons. The molecule has 2 aromatic rings. The molecule has 2 aliphatic heterocycles. The highest BCUT2D eigenvalue weighted by molar-refractivity contribution is 5.96. The summed E-state index contributed by atoms with van der Waals surface area (Å²) >= 11 is 0. The zero-order valence-corrected chi connectivity index (χ0v) is 28.7. The van der Waals surface area contributed by atoms with Crippen LogP contribution in [0.15, 0.2) is 30.3 Å². The van der Waals surface area contributed by atoms with Crippen LogP contribution in [0.3, 0.4) is 0 Å². The van der Waals surface area contributed by atoms with Gasteiger partial charge in [-0.2, -0.15) is 5.10 Å². The van der Waals surface area contributed by atoms with Gasteiger partial charge in [0.1, 0.15) is 17.9 Å². The van der Waals surface area contributed by atoms with E-state index in [0.29, 0.717) is 19.4 Å². The van der Waals surface area contributed by atoms with Crippen LogP contribution in [0, 0.1) is 5.82 Å². The summed E-state index contributed by atoms with van der Waals surface area (Å²) < 4.78 is 26.5. The maximum atomic E-state index is 14.3. The first kappa shape index (κ1) is 37.0. The maximum absolute atomic E-state index is 14.3. The zero-order chi connectivity index (χ0) is 36.7. The van der Waals surface area contributed by atoms with E-state index >= 15 is 0 Å². The lowest BCUT2D eigenvalue weighted by atomic mass is 9.93. The van der Waals surface area contributed by atoms with Crippen molar-refractivity contribution in [3.8, 4) is 11.6 Å². The average molecular weight is 714 g/mol. The van der Waals surface area contributed by atoms with E-state index in [0.717, 1.165) is 30.0 Å². The van der Waals surface area contributed by atoms with Crippen molar-refractivity contribution in [1.82, 2.24) is 35.1 Å². The molecule has 3 fully saturated rings. The van der Waals surface area contributed by atoms with Crippen LogP contribution in [0.4, 0.5) is 9.18 Å². The van der Waals surface area contributed by atoms with Gasteiger partial charge in [0.05, 0.1) is 11.8 Å². The molecule has 3 aliphatic rings. The van der Waals surface area contributed by atoms with E-state index < -0.39 is 54.3 Å². The van der Waals surface area contributed by atoms with Crippen LogP contribution >= 0.6 is 0 Å². The van der Waals surface area contributed by atoms with Crippen LogP contribution in [0.2, 0.25) is 0 Å². The average Bonchev–Trinajstić information content (AvgIpc) is 3.75. The number of carboxylic acid groups (broad SMARTS) is 1. The molecule has 1 aromatic carbocycles. The molecule has 1 saturated carbocycles. The summed E-state index contributed by atoms with van der Waals surface area (Å²) in [5, 5.41) is 19.2. The number of carbonyl (C=O) groups is 6. The van der Waals surface area contributed by atoms with E-state index in [9.17, 15) is 38.3 Å². The number of ether oxygens (including phenoxy) is 2. The van der Waals surface area contributed by atoms with Gasteiger partial charge in [0.2, 0.25) is 17.7 Å². The molecule has 3 N–H and O–H groups in total. The third-order valence-corrected chi connectivity index (χ3v) is 9.10. The number of nitrogens with zero attached hydrogens (tertiary/aromatic N) is 5. The van der Waals surface area contributed by atoms with Crippen LogP contribution in [0.25, 0.3) is 5.69 Å². The number of aromatic nitrogens is 2. The molecule has 2 saturated heterocycles. The molecule has 5 amide bonds. The molecule has 51 heavy (non-hydrogen) atoms. The second-order valence-corrected chi connectivity index (χ2v) is 13.1. The molecule has 17 heteroatoms. The van der Waals surface area contributed by atoms with Crippen LogP contribution in [-0.4, -0.2) is 129 Å².